The van der Waals surface area contributed by atoms with Gasteiger partial charge in [-0.15, -0.1) is 0 Å². The van der Waals surface area contributed by atoms with E-state index in [1.165, 1.54) is 24.3 Å². The van der Waals surface area contributed by atoms with E-state index in [2.05, 4.69) is 0 Å². The highest BCUT2D eigenvalue weighted by Gasteiger charge is 2.17. The molecule has 8 heteroatoms. The lowest BCUT2D eigenvalue weighted by molar-refractivity contribution is 0.593. The van der Waals surface area contributed by atoms with Crippen molar-refractivity contribution in [3.05, 3.63) is 59.7 Å². The Morgan fingerprint density at radius 1 is 1.14 bits per heavy atom. The van der Waals surface area contributed by atoms with Crippen LogP contribution in [0.25, 0.3) is 0 Å². The van der Waals surface area contributed by atoms with E-state index in [1.807, 2.05) is 4.72 Å². The van der Waals surface area contributed by atoms with Crippen molar-refractivity contribution >= 4 is 32.9 Å². The van der Waals surface area contributed by atoms with Gasteiger partial charge in [0.15, 0.2) is 0 Å². The van der Waals surface area contributed by atoms with Gasteiger partial charge in [-0.25, -0.2) is 17.2 Å². The summed E-state index contributed by atoms with van der Waals surface area (Å²) in [6, 6.07) is 7.99. The van der Waals surface area contributed by atoms with Gasteiger partial charge in [0.05, 0.1) is 10.6 Å². The van der Waals surface area contributed by atoms with Crippen LogP contribution in [0.5, 0.6) is 0 Å². The molecular formula is C13H10F2N2O2S2. The molecule has 0 heterocycles. The van der Waals surface area contributed by atoms with Crippen LogP contribution in [-0.2, 0) is 10.0 Å². The van der Waals surface area contributed by atoms with Gasteiger partial charge in [-0.3, -0.25) is 4.72 Å². The smallest absolute Gasteiger partial charge is 0.262 e. The van der Waals surface area contributed by atoms with E-state index < -0.39 is 21.7 Å². The molecule has 4 nitrogen and oxygen atoms in total. The molecule has 0 radical (unpaired) electrons. The molecule has 21 heavy (non-hydrogen) atoms. The van der Waals surface area contributed by atoms with E-state index in [-0.39, 0.29) is 21.1 Å². The molecule has 0 aliphatic carbocycles. The average molecular weight is 328 g/mol. The Bertz CT molecular complexity index is 808. The third-order valence-corrected chi connectivity index (χ3v) is 4.20. The Labute approximate surface area is 125 Å². The Balaban J connectivity index is 2.35. The Morgan fingerprint density at radius 2 is 1.86 bits per heavy atom. The minimum atomic E-state index is -4.09. The second kappa shape index (κ2) is 5.74. The summed E-state index contributed by atoms with van der Waals surface area (Å²) in [6.45, 7) is 0. The molecule has 0 spiro atoms. The number of benzene rings is 2. The lowest BCUT2D eigenvalue weighted by Crippen LogP contribution is -2.15. The van der Waals surface area contributed by atoms with Crippen LogP contribution in [0.1, 0.15) is 5.56 Å². The van der Waals surface area contributed by atoms with Crippen LogP contribution in [0.3, 0.4) is 0 Å². The van der Waals surface area contributed by atoms with Crippen molar-refractivity contribution in [2.24, 2.45) is 5.73 Å². The van der Waals surface area contributed by atoms with Crippen LogP contribution in [0.15, 0.2) is 47.4 Å². The molecule has 2 rings (SSSR count). The van der Waals surface area contributed by atoms with Crippen LogP contribution < -0.4 is 10.5 Å². The fraction of sp³-hybridized carbons (Fsp3) is 0. The number of sulfonamides is 1. The van der Waals surface area contributed by atoms with E-state index in [0.717, 1.165) is 18.2 Å². The molecule has 2 aromatic carbocycles. The number of rotatable bonds is 4. The van der Waals surface area contributed by atoms with E-state index in [0.29, 0.717) is 0 Å². The topological polar surface area (TPSA) is 72.2 Å². The molecule has 3 N–H and O–H groups in total. The van der Waals surface area contributed by atoms with Gasteiger partial charge in [0, 0.05) is 5.56 Å². The van der Waals surface area contributed by atoms with Gasteiger partial charge in [0.1, 0.15) is 16.6 Å². The van der Waals surface area contributed by atoms with Crippen molar-refractivity contribution in [3.8, 4) is 0 Å². The van der Waals surface area contributed by atoms with Crippen molar-refractivity contribution < 1.29 is 17.2 Å². The van der Waals surface area contributed by atoms with Crippen molar-refractivity contribution in [3.63, 3.8) is 0 Å². The zero-order valence-electron chi connectivity index (χ0n) is 10.5. The average Bonchev–Trinajstić information content (AvgIpc) is 2.40. The standard InChI is InChI=1S/C13H10F2N2O2S2/c14-9-2-1-3-10(7-9)21(18,19)17-12-5-4-8(13(16)20)6-11(12)15/h1-7,17H,(H2,16,20). The molecule has 0 aliphatic heterocycles. The predicted molar refractivity (Wildman–Crippen MR) is 79.5 cm³/mol. The number of halogens is 2. The number of hydrogen-bond acceptors (Lipinski definition) is 3. The summed E-state index contributed by atoms with van der Waals surface area (Å²) in [5, 5.41) is 0. The highest BCUT2D eigenvalue weighted by molar-refractivity contribution is 7.92. The minimum Gasteiger partial charge on any atom is -0.389 e. The monoisotopic (exact) mass is 328 g/mol. The van der Waals surface area contributed by atoms with Crippen LogP contribution in [-0.4, -0.2) is 13.4 Å². The summed E-state index contributed by atoms with van der Waals surface area (Å²) in [7, 11) is -4.09. The van der Waals surface area contributed by atoms with Gasteiger partial charge >= 0.3 is 0 Å². The Kier molecular flexibility index (Phi) is 4.19. The van der Waals surface area contributed by atoms with Gasteiger partial charge in [-0.2, -0.15) is 0 Å². The second-order valence-corrected chi connectivity index (χ2v) is 6.24. The van der Waals surface area contributed by atoms with Crippen molar-refractivity contribution in [2.45, 2.75) is 4.90 Å². The fourth-order valence-electron chi connectivity index (χ4n) is 1.59. The van der Waals surface area contributed by atoms with E-state index in [4.69, 9.17) is 18.0 Å². The highest BCUT2D eigenvalue weighted by atomic mass is 32.2. The SMILES string of the molecule is NC(=S)c1ccc(NS(=O)(=O)c2cccc(F)c2)c(F)c1. The van der Waals surface area contributed by atoms with Gasteiger partial charge in [0.2, 0.25) is 0 Å². The van der Waals surface area contributed by atoms with Crippen LogP contribution in [0.2, 0.25) is 0 Å². The van der Waals surface area contributed by atoms with Crippen LogP contribution in [0, 0.1) is 11.6 Å². The molecule has 0 fully saturated rings. The summed E-state index contributed by atoms with van der Waals surface area (Å²) in [6.07, 6.45) is 0. The quantitative estimate of drug-likeness (QED) is 0.846. The Morgan fingerprint density at radius 3 is 2.43 bits per heavy atom. The fourth-order valence-corrected chi connectivity index (χ4v) is 2.81. The molecule has 0 bridgehead atoms. The van der Waals surface area contributed by atoms with Crippen LogP contribution in [0.4, 0.5) is 14.5 Å². The first kappa shape index (κ1) is 15.3. The largest absolute Gasteiger partial charge is 0.389 e. The molecule has 0 unspecified atom stereocenters. The lowest BCUT2D eigenvalue weighted by Gasteiger charge is -2.10. The van der Waals surface area contributed by atoms with Gasteiger partial charge < -0.3 is 5.73 Å². The maximum atomic E-state index is 13.8. The third-order valence-electron chi connectivity index (χ3n) is 2.60. The molecule has 0 aromatic heterocycles. The summed E-state index contributed by atoms with van der Waals surface area (Å²) in [5.41, 5.74) is 5.35. The maximum Gasteiger partial charge on any atom is 0.262 e. The lowest BCUT2D eigenvalue weighted by atomic mass is 10.2. The summed E-state index contributed by atoms with van der Waals surface area (Å²) >= 11 is 4.70. The molecule has 2 aromatic rings. The van der Waals surface area contributed by atoms with E-state index >= 15 is 0 Å². The minimum absolute atomic E-state index is 0.00608. The highest BCUT2D eigenvalue weighted by Crippen LogP contribution is 2.20. The Hall–Kier alpha value is -2.06. The summed E-state index contributed by atoms with van der Waals surface area (Å²) in [4.78, 5) is -0.311. The maximum absolute atomic E-state index is 13.8. The first-order valence-corrected chi connectivity index (χ1v) is 7.56. The number of thiocarbonyl (C=S) groups is 1. The van der Waals surface area contributed by atoms with Crippen LogP contribution >= 0.6 is 12.2 Å². The molecule has 0 amide bonds. The van der Waals surface area contributed by atoms with Crippen molar-refractivity contribution in [1.82, 2.24) is 0 Å². The normalized spacial score (nSPS) is 11.1. The molecule has 0 aliphatic rings. The second-order valence-electron chi connectivity index (χ2n) is 4.12. The van der Waals surface area contributed by atoms with Crippen molar-refractivity contribution in [1.29, 1.82) is 0 Å². The zero-order valence-corrected chi connectivity index (χ0v) is 12.1. The predicted octanol–water partition coefficient (Wildman–Crippen LogP) is 2.40. The molecular weight excluding hydrogens is 318 g/mol. The number of anilines is 1. The first-order chi connectivity index (χ1) is 9.79. The van der Waals surface area contributed by atoms with Gasteiger partial charge in [-0.05, 0) is 36.4 Å². The first-order valence-electron chi connectivity index (χ1n) is 5.67. The number of nitrogens with two attached hydrogens (primary N) is 1. The number of nitrogens with one attached hydrogen (secondary N) is 1. The number of hydrogen-bond donors (Lipinski definition) is 2. The summed E-state index contributed by atoms with van der Waals surface area (Å²) in [5.74, 6) is -1.54. The van der Waals surface area contributed by atoms with E-state index in [9.17, 15) is 17.2 Å². The van der Waals surface area contributed by atoms with Crippen molar-refractivity contribution in [2.75, 3.05) is 4.72 Å². The molecule has 0 saturated carbocycles. The van der Waals surface area contributed by atoms with E-state index in [1.54, 1.807) is 0 Å². The van der Waals surface area contributed by atoms with Gasteiger partial charge in [-0.1, -0.05) is 18.3 Å². The third kappa shape index (κ3) is 3.53. The van der Waals surface area contributed by atoms with Gasteiger partial charge in [0.25, 0.3) is 10.0 Å². The zero-order chi connectivity index (χ0) is 15.6. The molecule has 110 valence electrons. The summed E-state index contributed by atoms with van der Waals surface area (Å²) < 4.78 is 53.0. The molecule has 0 saturated heterocycles. The molecule has 0 atom stereocenters.